The molecule has 3 N–H and O–H groups in total. The van der Waals surface area contributed by atoms with Crippen LogP contribution in [0.5, 0.6) is 0 Å². The summed E-state index contributed by atoms with van der Waals surface area (Å²) in [5.74, 6) is -0.0897. The largest absolute Gasteiger partial charge is 0.371 e. The van der Waals surface area contributed by atoms with Crippen LogP contribution in [-0.4, -0.2) is 31.1 Å². The molecular formula is C27H29ClN4O2. The van der Waals surface area contributed by atoms with Crippen molar-refractivity contribution >= 4 is 34.9 Å². The minimum atomic E-state index is -0.240. The van der Waals surface area contributed by atoms with Crippen molar-refractivity contribution < 1.29 is 9.59 Å². The molecule has 1 aliphatic heterocycles. The van der Waals surface area contributed by atoms with E-state index in [2.05, 4.69) is 20.9 Å². The molecule has 0 radical (unpaired) electrons. The van der Waals surface area contributed by atoms with Gasteiger partial charge >= 0.3 is 6.03 Å². The summed E-state index contributed by atoms with van der Waals surface area (Å²) in [5.41, 5.74) is 3.31. The van der Waals surface area contributed by atoms with Crippen LogP contribution in [0.3, 0.4) is 0 Å². The second-order valence-corrected chi connectivity index (χ2v) is 8.93. The number of rotatable bonds is 6. The number of nitrogens with zero attached hydrogens (tertiary/aromatic N) is 1. The Morgan fingerprint density at radius 2 is 1.65 bits per heavy atom. The maximum atomic E-state index is 13.1. The maximum Gasteiger partial charge on any atom is 0.319 e. The summed E-state index contributed by atoms with van der Waals surface area (Å²) in [7, 11) is 0. The van der Waals surface area contributed by atoms with Gasteiger partial charge in [0.05, 0.1) is 11.6 Å². The Balaban J connectivity index is 1.33. The van der Waals surface area contributed by atoms with Gasteiger partial charge in [-0.3, -0.25) is 4.79 Å². The van der Waals surface area contributed by atoms with E-state index in [4.69, 9.17) is 11.6 Å². The molecule has 3 amide bonds. The average Bonchev–Trinajstić information content (AvgIpc) is 2.85. The number of anilines is 2. The Kier molecular flexibility index (Phi) is 7.70. The molecule has 176 valence electrons. The lowest BCUT2D eigenvalue weighted by Gasteiger charge is -2.35. The number of hydrogen-bond acceptors (Lipinski definition) is 3. The van der Waals surface area contributed by atoms with Crippen LogP contribution in [0.25, 0.3) is 0 Å². The summed E-state index contributed by atoms with van der Waals surface area (Å²) in [6, 6.07) is 24.4. The lowest BCUT2D eigenvalue weighted by atomic mass is 10.0. The molecule has 3 aromatic carbocycles. The van der Waals surface area contributed by atoms with Gasteiger partial charge in [0.2, 0.25) is 0 Å². The zero-order chi connectivity index (χ0) is 23.9. The standard InChI is InChI=1S/C27H29ClN4O2/c1-19(20-8-3-2-4-9-20)29-26(33)24-12-5-6-13-25(24)32-16-14-22(15-17-32)30-27(34)31-23-11-7-10-21(28)18-23/h2-13,18-19,22H,14-17H2,1H3,(H,29,33)(H2,30,31,34). The molecule has 0 aromatic heterocycles. The minimum absolute atomic E-state index is 0.0644. The number of hydrogen-bond donors (Lipinski definition) is 3. The topological polar surface area (TPSA) is 73.5 Å². The number of nitrogens with one attached hydrogen (secondary N) is 3. The Bertz CT molecular complexity index is 1130. The number of carbonyl (C=O) groups excluding carboxylic acids is 2. The first-order valence-corrected chi connectivity index (χ1v) is 11.9. The van der Waals surface area contributed by atoms with Crippen LogP contribution >= 0.6 is 11.6 Å². The highest BCUT2D eigenvalue weighted by molar-refractivity contribution is 6.30. The number of amides is 3. The summed E-state index contributed by atoms with van der Waals surface area (Å²) in [4.78, 5) is 27.7. The van der Waals surface area contributed by atoms with E-state index in [-0.39, 0.29) is 24.0 Å². The van der Waals surface area contributed by atoms with Crippen molar-refractivity contribution in [2.24, 2.45) is 0 Å². The van der Waals surface area contributed by atoms with Crippen LogP contribution in [0.15, 0.2) is 78.9 Å². The van der Waals surface area contributed by atoms with Gasteiger partial charge in [-0.15, -0.1) is 0 Å². The molecule has 4 rings (SSSR count). The van der Waals surface area contributed by atoms with Crippen LogP contribution in [0.2, 0.25) is 5.02 Å². The van der Waals surface area contributed by atoms with Crippen molar-refractivity contribution in [1.82, 2.24) is 10.6 Å². The number of piperidine rings is 1. The first-order chi connectivity index (χ1) is 16.5. The first-order valence-electron chi connectivity index (χ1n) is 11.5. The molecule has 6 nitrogen and oxygen atoms in total. The highest BCUT2D eigenvalue weighted by Gasteiger charge is 2.24. The van der Waals surface area contributed by atoms with Crippen LogP contribution in [0.4, 0.5) is 16.2 Å². The molecule has 1 unspecified atom stereocenters. The number of para-hydroxylation sites is 1. The van der Waals surface area contributed by atoms with E-state index < -0.39 is 0 Å². The van der Waals surface area contributed by atoms with Crippen molar-refractivity contribution in [2.45, 2.75) is 31.8 Å². The lowest BCUT2D eigenvalue weighted by molar-refractivity contribution is 0.0940. The van der Waals surface area contributed by atoms with Gasteiger partial charge in [0.25, 0.3) is 5.91 Å². The van der Waals surface area contributed by atoms with E-state index in [0.717, 1.165) is 37.2 Å². The molecule has 1 heterocycles. The van der Waals surface area contributed by atoms with Crippen molar-refractivity contribution in [3.8, 4) is 0 Å². The van der Waals surface area contributed by atoms with Crippen LogP contribution in [0.1, 0.15) is 41.7 Å². The van der Waals surface area contributed by atoms with Gasteiger partial charge < -0.3 is 20.9 Å². The van der Waals surface area contributed by atoms with E-state index in [1.165, 1.54) is 0 Å². The van der Waals surface area contributed by atoms with Gasteiger partial charge in [-0.25, -0.2) is 4.79 Å². The number of carbonyl (C=O) groups is 2. The molecule has 0 aliphatic carbocycles. The van der Waals surface area contributed by atoms with E-state index in [0.29, 0.717) is 16.3 Å². The molecule has 0 bridgehead atoms. The van der Waals surface area contributed by atoms with Gasteiger partial charge in [0.15, 0.2) is 0 Å². The molecule has 1 aliphatic rings. The molecule has 0 saturated carbocycles. The summed E-state index contributed by atoms with van der Waals surface area (Å²) < 4.78 is 0. The van der Waals surface area contributed by atoms with Gasteiger partial charge in [0.1, 0.15) is 0 Å². The smallest absolute Gasteiger partial charge is 0.319 e. The molecule has 1 atom stereocenters. The number of urea groups is 1. The van der Waals surface area contributed by atoms with Crippen LogP contribution < -0.4 is 20.9 Å². The summed E-state index contributed by atoms with van der Waals surface area (Å²) >= 11 is 5.98. The van der Waals surface area contributed by atoms with E-state index in [1.807, 2.05) is 61.5 Å². The molecule has 1 fully saturated rings. The van der Waals surface area contributed by atoms with Crippen molar-refractivity contribution in [3.05, 3.63) is 95.0 Å². The quantitative estimate of drug-likeness (QED) is 0.432. The third kappa shape index (κ3) is 6.08. The summed E-state index contributed by atoms with van der Waals surface area (Å²) in [5, 5.41) is 9.56. The van der Waals surface area contributed by atoms with E-state index >= 15 is 0 Å². The van der Waals surface area contributed by atoms with E-state index in [1.54, 1.807) is 24.3 Å². The average molecular weight is 477 g/mol. The Hall–Kier alpha value is -3.51. The lowest BCUT2D eigenvalue weighted by Crippen LogP contribution is -2.46. The molecule has 34 heavy (non-hydrogen) atoms. The predicted octanol–water partition coefficient (Wildman–Crippen LogP) is 5.62. The van der Waals surface area contributed by atoms with Crippen LogP contribution in [-0.2, 0) is 0 Å². The SMILES string of the molecule is CC(NC(=O)c1ccccc1N1CCC(NC(=O)Nc2cccc(Cl)c2)CC1)c1ccccc1. The van der Waals surface area contributed by atoms with E-state index in [9.17, 15) is 9.59 Å². The second kappa shape index (κ2) is 11.1. The molecule has 7 heteroatoms. The molecule has 0 spiro atoms. The normalized spacial score (nSPS) is 14.8. The first kappa shape index (κ1) is 23.6. The second-order valence-electron chi connectivity index (χ2n) is 8.49. The maximum absolute atomic E-state index is 13.1. The fraction of sp³-hybridized carbons (Fsp3) is 0.259. The monoisotopic (exact) mass is 476 g/mol. The fourth-order valence-corrected chi connectivity index (χ4v) is 4.41. The zero-order valence-electron chi connectivity index (χ0n) is 19.1. The van der Waals surface area contributed by atoms with Crippen LogP contribution in [0, 0.1) is 0 Å². The fourth-order valence-electron chi connectivity index (χ4n) is 4.22. The summed E-state index contributed by atoms with van der Waals surface area (Å²) in [6.07, 6.45) is 1.58. The summed E-state index contributed by atoms with van der Waals surface area (Å²) in [6.45, 7) is 3.49. The third-order valence-corrected chi connectivity index (χ3v) is 6.28. The Labute approximate surface area is 205 Å². The zero-order valence-corrected chi connectivity index (χ0v) is 19.9. The predicted molar refractivity (Wildman–Crippen MR) is 138 cm³/mol. The van der Waals surface area contributed by atoms with Gasteiger partial charge in [-0.05, 0) is 55.7 Å². The highest BCUT2D eigenvalue weighted by Crippen LogP contribution is 2.25. The van der Waals surface area contributed by atoms with Crippen molar-refractivity contribution in [3.63, 3.8) is 0 Å². The Morgan fingerprint density at radius 3 is 2.38 bits per heavy atom. The minimum Gasteiger partial charge on any atom is -0.371 e. The molecule has 1 saturated heterocycles. The molecule has 3 aromatic rings. The Morgan fingerprint density at radius 1 is 0.941 bits per heavy atom. The number of halogens is 1. The number of benzene rings is 3. The van der Waals surface area contributed by atoms with Crippen molar-refractivity contribution in [1.29, 1.82) is 0 Å². The third-order valence-electron chi connectivity index (χ3n) is 6.05. The van der Waals surface area contributed by atoms with Gasteiger partial charge in [-0.2, -0.15) is 0 Å². The van der Waals surface area contributed by atoms with Crippen molar-refractivity contribution in [2.75, 3.05) is 23.3 Å². The highest BCUT2D eigenvalue weighted by atomic mass is 35.5. The van der Waals surface area contributed by atoms with Gasteiger partial charge in [0, 0.05) is 35.5 Å². The molecular weight excluding hydrogens is 448 g/mol. The van der Waals surface area contributed by atoms with Gasteiger partial charge in [-0.1, -0.05) is 60.1 Å².